The van der Waals surface area contributed by atoms with Gasteiger partial charge in [-0.05, 0) is 46.2 Å². The summed E-state index contributed by atoms with van der Waals surface area (Å²) in [4.78, 5) is 66.8. The Bertz CT molecular complexity index is 2760. The molecule has 8 nitrogen and oxygen atoms in total. The van der Waals surface area contributed by atoms with Crippen molar-refractivity contribution in [3.8, 4) is 45.0 Å². The molecule has 0 saturated carbocycles. The van der Waals surface area contributed by atoms with Gasteiger partial charge in [-0.25, -0.2) is 19.9 Å². The average molecular weight is 754 g/mol. The van der Waals surface area contributed by atoms with E-state index in [9.17, 15) is 19.2 Å². The van der Waals surface area contributed by atoms with Gasteiger partial charge in [-0.3, -0.25) is 19.2 Å². The Morgan fingerprint density at radius 2 is 0.556 bits per heavy atom. The van der Waals surface area contributed by atoms with Gasteiger partial charge in [-0.15, -0.1) is 0 Å². The monoisotopic (exact) mass is 752 g/mol. The molecule has 4 aliphatic rings. The van der Waals surface area contributed by atoms with Crippen molar-refractivity contribution in [2.24, 2.45) is 0 Å². The molecule has 4 heterocycles. The molecule has 0 bridgehead atoms. The van der Waals surface area contributed by atoms with Gasteiger partial charge in [-0.1, -0.05) is 138 Å². The zero-order chi connectivity index (χ0) is 38.7. The quantitative estimate of drug-likeness (QED) is 0.177. The van der Waals surface area contributed by atoms with Crippen LogP contribution in [0.4, 0.5) is 0 Å². The highest BCUT2D eigenvalue weighted by Gasteiger charge is 2.22. The van der Waals surface area contributed by atoms with Gasteiger partial charge in [0.25, 0.3) is 22.2 Å². The number of hydrogen-bond donors (Lipinski definition) is 0. The van der Waals surface area contributed by atoms with Crippen molar-refractivity contribution in [1.29, 1.82) is 0 Å². The summed E-state index contributed by atoms with van der Waals surface area (Å²) in [6.07, 6.45) is 0. The fourth-order valence-corrected chi connectivity index (χ4v) is 6.72. The van der Waals surface area contributed by atoms with Gasteiger partial charge in [0.2, 0.25) is 0 Å². The van der Waals surface area contributed by atoms with E-state index in [4.69, 9.17) is 23.2 Å². The summed E-state index contributed by atoms with van der Waals surface area (Å²) < 4.78 is 0. The van der Waals surface area contributed by atoms with Crippen molar-refractivity contribution < 1.29 is 0 Å². The van der Waals surface area contributed by atoms with Gasteiger partial charge in [0, 0.05) is 32.3 Å². The summed E-state index contributed by atoms with van der Waals surface area (Å²) in [7, 11) is 0. The Hall–Kier alpha value is -5.70. The van der Waals surface area contributed by atoms with Crippen molar-refractivity contribution in [2.75, 3.05) is 0 Å². The lowest BCUT2D eigenvalue weighted by atomic mass is 9.86. The molecule has 0 radical (unpaired) electrons. The first kappa shape index (κ1) is 36.6. The molecular formula is C44H34Cl2N4O4. The predicted molar refractivity (Wildman–Crippen MR) is 214 cm³/mol. The summed E-state index contributed by atoms with van der Waals surface area (Å²) in [6.45, 7) is 12.9. The normalized spacial score (nSPS) is 12.0. The molecule has 54 heavy (non-hydrogen) atoms. The van der Waals surface area contributed by atoms with Crippen LogP contribution in [0.2, 0.25) is 10.0 Å². The summed E-state index contributed by atoms with van der Waals surface area (Å²) >= 11 is 11.8. The Morgan fingerprint density at radius 1 is 0.352 bits per heavy atom. The molecule has 0 amide bonds. The summed E-state index contributed by atoms with van der Waals surface area (Å²) in [6, 6.07) is 29.4. The van der Waals surface area contributed by atoms with E-state index >= 15 is 0 Å². The lowest BCUT2D eigenvalue weighted by Crippen LogP contribution is -2.10. The first-order valence-electron chi connectivity index (χ1n) is 17.3. The van der Waals surface area contributed by atoms with Crippen LogP contribution in [0.15, 0.2) is 116 Å². The summed E-state index contributed by atoms with van der Waals surface area (Å²) in [5.41, 5.74) is 5.02. The maximum Gasteiger partial charge on any atom is 0.280 e. The van der Waals surface area contributed by atoms with Crippen LogP contribution in [0.3, 0.4) is 0 Å². The van der Waals surface area contributed by atoms with E-state index in [1.165, 1.54) is 11.1 Å². The Kier molecular flexibility index (Phi) is 9.24. The highest BCUT2D eigenvalue weighted by molar-refractivity contribution is 6.30. The molecule has 10 heteroatoms. The van der Waals surface area contributed by atoms with Crippen LogP contribution in [0.5, 0.6) is 0 Å². The molecule has 0 spiro atoms. The second kappa shape index (κ2) is 13.6. The third-order valence-corrected chi connectivity index (χ3v) is 9.94. The molecule has 4 aromatic rings. The summed E-state index contributed by atoms with van der Waals surface area (Å²) in [5.74, 6) is 0. The first-order valence-corrected chi connectivity index (χ1v) is 18.0. The van der Waals surface area contributed by atoms with Gasteiger partial charge < -0.3 is 0 Å². The molecule has 0 fully saturated rings. The number of nitrogens with zero attached hydrogens (tertiary/aromatic N) is 4. The second-order valence-corrected chi connectivity index (χ2v) is 16.1. The van der Waals surface area contributed by atoms with E-state index in [1.807, 2.05) is 48.5 Å². The first-order chi connectivity index (χ1) is 25.5. The number of halogens is 2. The van der Waals surface area contributed by atoms with Gasteiger partial charge in [0.15, 0.2) is 0 Å². The fraction of sp³-hybridized carbons (Fsp3) is 0.182. The van der Waals surface area contributed by atoms with Crippen LogP contribution in [0, 0.1) is 20.9 Å². The fourth-order valence-electron chi connectivity index (χ4n) is 6.47. The third kappa shape index (κ3) is 6.79. The van der Waals surface area contributed by atoms with E-state index in [2.05, 4.69) is 61.5 Å². The average Bonchev–Trinajstić information content (AvgIpc) is 3.87. The van der Waals surface area contributed by atoms with Crippen LogP contribution in [-0.2, 0) is 10.8 Å². The number of aromatic nitrogens is 4. The zero-order valence-electron chi connectivity index (χ0n) is 30.4. The largest absolute Gasteiger partial charge is 0.280 e. The lowest BCUT2D eigenvalue weighted by Gasteiger charge is -2.18. The molecule has 0 unspecified atom stereocenters. The molecule has 268 valence electrons. The molecule has 4 aliphatic heterocycles. The Labute approximate surface area is 319 Å². The van der Waals surface area contributed by atoms with E-state index in [1.54, 1.807) is 48.5 Å². The molecule has 0 aromatic heterocycles. The number of hydrogen-bond acceptors (Lipinski definition) is 8. The molecule has 0 N–H and O–H groups in total. The molecular weight excluding hydrogens is 719 g/mol. The third-order valence-electron chi connectivity index (χ3n) is 9.44. The van der Waals surface area contributed by atoms with E-state index in [0.717, 1.165) is 11.1 Å². The van der Waals surface area contributed by atoms with Gasteiger partial charge in [0.1, 0.15) is 0 Å². The lowest BCUT2D eigenvalue weighted by molar-refractivity contribution is 0.590. The molecule has 0 atom stereocenters. The van der Waals surface area contributed by atoms with Crippen molar-refractivity contribution in [3.05, 3.63) is 181 Å². The second-order valence-electron chi connectivity index (χ2n) is 15.2. The minimum absolute atomic E-state index is 0.0228. The van der Waals surface area contributed by atoms with E-state index < -0.39 is 22.2 Å². The molecule has 0 aliphatic carbocycles. The predicted octanol–water partition coefficient (Wildman–Crippen LogP) is 8.16. The van der Waals surface area contributed by atoms with Crippen molar-refractivity contribution in [1.82, 2.24) is 19.9 Å². The van der Waals surface area contributed by atoms with Crippen LogP contribution in [0.25, 0.3) is 45.0 Å². The maximum absolute atomic E-state index is 12.7. The van der Waals surface area contributed by atoms with Crippen molar-refractivity contribution in [2.45, 2.75) is 52.4 Å². The van der Waals surface area contributed by atoms with Crippen LogP contribution in [0.1, 0.15) is 52.7 Å². The number of rotatable bonds is 4. The van der Waals surface area contributed by atoms with Crippen LogP contribution in [-0.4, -0.2) is 19.9 Å². The zero-order valence-corrected chi connectivity index (χ0v) is 31.9. The minimum Gasteiger partial charge on any atom is -0.267 e. The number of benzene rings is 4. The van der Waals surface area contributed by atoms with Gasteiger partial charge in [-0.2, -0.15) is 0 Å². The molecule has 0 saturated heterocycles. The van der Waals surface area contributed by atoms with Gasteiger partial charge in [0.05, 0.1) is 43.7 Å². The van der Waals surface area contributed by atoms with E-state index in [0.29, 0.717) is 54.4 Å². The smallest absolute Gasteiger partial charge is 0.267 e. The topological polar surface area (TPSA) is 120 Å². The van der Waals surface area contributed by atoms with E-state index in [-0.39, 0.29) is 21.3 Å². The van der Waals surface area contributed by atoms with Crippen LogP contribution < -0.4 is 22.2 Å². The van der Waals surface area contributed by atoms with Crippen molar-refractivity contribution in [3.63, 3.8) is 0 Å². The Morgan fingerprint density at radius 3 is 0.759 bits per heavy atom. The highest BCUT2D eigenvalue weighted by Crippen LogP contribution is 2.29. The SMILES string of the molecule is CC(C)(C)c1ccc(-c2nc(=O)c3c(-c4ccc(C(C)(C)C)cc4)nc(=O)c2=3)cc1.O=c1nc(-c2ccc(Cl)cc2)c2c(=O)nc(-c3ccc(Cl)cc3)c1=2. The van der Waals surface area contributed by atoms with Crippen LogP contribution >= 0.6 is 23.2 Å². The Balaban J connectivity index is 0.000000171. The maximum atomic E-state index is 12.7. The van der Waals surface area contributed by atoms with Crippen molar-refractivity contribution >= 4 is 23.2 Å². The highest BCUT2D eigenvalue weighted by atomic mass is 35.5. The molecule has 8 rings (SSSR count). The minimum atomic E-state index is -0.463. The molecule has 4 aromatic carbocycles. The summed E-state index contributed by atoms with van der Waals surface area (Å²) in [5, 5.41) is 2.25. The van der Waals surface area contributed by atoms with Gasteiger partial charge >= 0.3 is 0 Å². The standard InChI is InChI=1S/C26H26N2O2.C18H8Cl2N2O2/c1-25(2,3)17-11-7-15(8-12-17)21-19-20(24(30)27-21)22(28-23(19)29)16-9-13-18(14-10-16)26(4,5)6;19-11-5-1-9(2-6-11)15-13-14(18(24)21-15)16(22-17(13)23)10-3-7-12(20)8-4-10/h7-14H,1-6H3;1-8H.